The Morgan fingerprint density at radius 2 is 2.00 bits per heavy atom. The molecule has 0 saturated carbocycles. The fraction of sp³-hybridized carbons (Fsp3) is 1.00. The Hall–Kier alpha value is -0.0800. The Morgan fingerprint density at radius 3 is 2.54 bits per heavy atom. The number of hydrogen-bond donors (Lipinski definition) is 2. The van der Waals surface area contributed by atoms with Gasteiger partial charge in [0.05, 0.1) is 0 Å². The topological polar surface area (TPSA) is 38.0 Å². The van der Waals surface area contributed by atoms with Crippen molar-refractivity contribution < 1.29 is 0 Å². The average molecular weight is 186 g/mol. The van der Waals surface area contributed by atoms with E-state index in [1.807, 2.05) is 0 Å². The van der Waals surface area contributed by atoms with Gasteiger partial charge in [0.1, 0.15) is 0 Å². The molecule has 0 aromatic heterocycles. The highest BCUT2D eigenvalue weighted by atomic mass is 14.8. The predicted molar refractivity (Wildman–Crippen MR) is 59.8 cm³/mol. The number of unbranched alkanes of at least 4 members (excludes halogenated alkanes) is 1. The quantitative estimate of drug-likeness (QED) is 0.541. The fourth-order valence-corrected chi connectivity index (χ4v) is 1.47. The minimum atomic E-state index is 0.834. The fourth-order valence-electron chi connectivity index (χ4n) is 1.47. The molecule has 1 atom stereocenters. The predicted octanol–water partition coefficient (Wildman–Crippen LogP) is 2.14. The summed E-state index contributed by atoms with van der Waals surface area (Å²) in [5, 5.41) is 3.51. The summed E-state index contributed by atoms with van der Waals surface area (Å²) in [4.78, 5) is 0. The maximum absolute atomic E-state index is 5.49. The summed E-state index contributed by atoms with van der Waals surface area (Å²) in [5.41, 5.74) is 5.49. The summed E-state index contributed by atoms with van der Waals surface area (Å²) in [6, 6.07) is 0. The van der Waals surface area contributed by atoms with Crippen LogP contribution in [-0.4, -0.2) is 19.6 Å². The van der Waals surface area contributed by atoms with Crippen LogP contribution in [0.2, 0.25) is 0 Å². The van der Waals surface area contributed by atoms with Crippen LogP contribution in [0.4, 0.5) is 0 Å². The lowest BCUT2D eigenvalue weighted by Gasteiger charge is -2.14. The monoisotopic (exact) mass is 186 g/mol. The third-order valence-corrected chi connectivity index (χ3v) is 2.53. The van der Waals surface area contributed by atoms with Crippen molar-refractivity contribution in [2.75, 3.05) is 19.6 Å². The molecule has 3 N–H and O–H groups in total. The smallest absolute Gasteiger partial charge is 0.00206 e. The van der Waals surface area contributed by atoms with E-state index < -0.39 is 0 Å². The number of hydrogen-bond acceptors (Lipinski definition) is 2. The minimum absolute atomic E-state index is 0.834. The zero-order valence-corrected chi connectivity index (χ0v) is 9.31. The van der Waals surface area contributed by atoms with Crippen LogP contribution in [-0.2, 0) is 0 Å². The maximum atomic E-state index is 5.49. The summed E-state index contributed by atoms with van der Waals surface area (Å²) in [6.45, 7) is 7.69. The van der Waals surface area contributed by atoms with Crippen LogP contribution in [0.1, 0.15) is 46.0 Å². The van der Waals surface area contributed by atoms with Crippen molar-refractivity contribution in [3.05, 3.63) is 0 Å². The van der Waals surface area contributed by atoms with Gasteiger partial charge in [-0.15, -0.1) is 0 Å². The van der Waals surface area contributed by atoms with Gasteiger partial charge >= 0.3 is 0 Å². The van der Waals surface area contributed by atoms with Crippen molar-refractivity contribution in [2.45, 2.75) is 46.0 Å². The molecule has 0 saturated heterocycles. The summed E-state index contributed by atoms with van der Waals surface area (Å²) in [7, 11) is 0. The van der Waals surface area contributed by atoms with Crippen molar-refractivity contribution >= 4 is 0 Å². The molecule has 13 heavy (non-hydrogen) atoms. The zero-order valence-electron chi connectivity index (χ0n) is 9.31. The molecule has 2 nitrogen and oxygen atoms in total. The molecule has 0 heterocycles. The Balaban J connectivity index is 3.25. The van der Waals surface area contributed by atoms with Gasteiger partial charge in [0.2, 0.25) is 0 Å². The molecule has 0 aliphatic rings. The molecule has 0 aliphatic heterocycles. The van der Waals surface area contributed by atoms with Crippen molar-refractivity contribution in [2.24, 2.45) is 11.7 Å². The SMILES string of the molecule is CCCCNCC(CC)CCCN. The highest BCUT2D eigenvalue weighted by Crippen LogP contribution is 2.08. The summed E-state index contributed by atoms with van der Waals surface area (Å²) in [5.74, 6) is 0.834. The number of rotatable bonds is 9. The van der Waals surface area contributed by atoms with Crippen LogP contribution in [0.15, 0.2) is 0 Å². The maximum Gasteiger partial charge on any atom is -0.00206 e. The Kier molecular flexibility index (Phi) is 9.94. The molecule has 80 valence electrons. The van der Waals surface area contributed by atoms with Crippen LogP contribution in [0.3, 0.4) is 0 Å². The molecule has 0 fully saturated rings. The second-order valence-corrected chi connectivity index (χ2v) is 3.76. The van der Waals surface area contributed by atoms with Crippen LogP contribution < -0.4 is 11.1 Å². The molecule has 1 unspecified atom stereocenters. The van der Waals surface area contributed by atoms with Gasteiger partial charge < -0.3 is 11.1 Å². The number of nitrogens with one attached hydrogen (secondary N) is 1. The van der Waals surface area contributed by atoms with E-state index in [1.165, 1.54) is 45.2 Å². The molecule has 0 aromatic rings. The van der Waals surface area contributed by atoms with E-state index in [2.05, 4.69) is 19.2 Å². The Labute approximate surface area is 83.3 Å². The lowest BCUT2D eigenvalue weighted by molar-refractivity contribution is 0.422. The van der Waals surface area contributed by atoms with Gasteiger partial charge in [0.25, 0.3) is 0 Å². The third kappa shape index (κ3) is 8.26. The van der Waals surface area contributed by atoms with E-state index in [0.29, 0.717) is 0 Å². The lowest BCUT2D eigenvalue weighted by atomic mass is 10.0. The van der Waals surface area contributed by atoms with Gasteiger partial charge in [0, 0.05) is 0 Å². The second kappa shape index (κ2) is 10.0. The summed E-state index contributed by atoms with van der Waals surface area (Å²) in [6.07, 6.45) is 6.32. The van der Waals surface area contributed by atoms with Gasteiger partial charge in [-0.1, -0.05) is 26.7 Å². The molecule has 0 aromatic carbocycles. The van der Waals surface area contributed by atoms with E-state index in [9.17, 15) is 0 Å². The van der Waals surface area contributed by atoms with Crippen molar-refractivity contribution in [3.8, 4) is 0 Å². The van der Waals surface area contributed by atoms with E-state index in [-0.39, 0.29) is 0 Å². The first-order valence-corrected chi connectivity index (χ1v) is 5.75. The Bertz CT molecular complexity index is 94.1. The van der Waals surface area contributed by atoms with Crippen molar-refractivity contribution in [1.29, 1.82) is 0 Å². The van der Waals surface area contributed by atoms with Gasteiger partial charge in [-0.2, -0.15) is 0 Å². The molecule has 0 radical (unpaired) electrons. The standard InChI is InChI=1S/C11H26N2/c1-3-5-9-13-10-11(4-2)7-6-8-12/h11,13H,3-10,12H2,1-2H3. The van der Waals surface area contributed by atoms with E-state index in [0.717, 1.165) is 12.5 Å². The first-order chi connectivity index (χ1) is 6.35. The minimum Gasteiger partial charge on any atom is -0.330 e. The van der Waals surface area contributed by atoms with Crippen LogP contribution in [0.5, 0.6) is 0 Å². The molecule has 0 bridgehead atoms. The summed E-state index contributed by atoms with van der Waals surface area (Å²) >= 11 is 0. The van der Waals surface area contributed by atoms with Crippen molar-refractivity contribution in [3.63, 3.8) is 0 Å². The highest BCUT2D eigenvalue weighted by Gasteiger charge is 2.03. The highest BCUT2D eigenvalue weighted by molar-refractivity contribution is 4.61. The third-order valence-electron chi connectivity index (χ3n) is 2.53. The van der Waals surface area contributed by atoms with Crippen LogP contribution in [0.25, 0.3) is 0 Å². The molecule has 0 amide bonds. The van der Waals surface area contributed by atoms with Gasteiger partial charge in [0.15, 0.2) is 0 Å². The zero-order chi connectivity index (χ0) is 9.94. The largest absolute Gasteiger partial charge is 0.330 e. The molecular formula is C11H26N2. The molecule has 0 spiro atoms. The first-order valence-electron chi connectivity index (χ1n) is 5.75. The van der Waals surface area contributed by atoms with E-state index in [1.54, 1.807) is 0 Å². The second-order valence-electron chi connectivity index (χ2n) is 3.76. The average Bonchev–Trinajstić information content (AvgIpc) is 2.17. The first kappa shape index (κ1) is 12.9. The molecule has 2 heteroatoms. The molecule has 0 aliphatic carbocycles. The van der Waals surface area contributed by atoms with Gasteiger partial charge in [-0.05, 0) is 44.8 Å². The summed E-state index contributed by atoms with van der Waals surface area (Å²) < 4.78 is 0. The van der Waals surface area contributed by atoms with Crippen LogP contribution >= 0.6 is 0 Å². The van der Waals surface area contributed by atoms with E-state index in [4.69, 9.17) is 5.73 Å². The molecule has 0 rings (SSSR count). The van der Waals surface area contributed by atoms with E-state index >= 15 is 0 Å². The van der Waals surface area contributed by atoms with Crippen LogP contribution in [0, 0.1) is 5.92 Å². The van der Waals surface area contributed by atoms with Crippen molar-refractivity contribution in [1.82, 2.24) is 5.32 Å². The number of nitrogens with two attached hydrogens (primary N) is 1. The molecular weight excluding hydrogens is 160 g/mol. The normalized spacial score (nSPS) is 13.2. The lowest BCUT2D eigenvalue weighted by Crippen LogP contribution is -2.24. The Morgan fingerprint density at radius 1 is 1.23 bits per heavy atom. The van der Waals surface area contributed by atoms with Gasteiger partial charge in [-0.3, -0.25) is 0 Å². The van der Waals surface area contributed by atoms with Gasteiger partial charge in [-0.25, -0.2) is 0 Å².